The summed E-state index contributed by atoms with van der Waals surface area (Å²) in [7, 11) is 0. The van der Waals surface area contributed by atoms with Crippen molar-refractivity contribution < 1.29 is 13.9 Å². The molecule has 1 saturated heterocycles. The third kappa shape index (κ3) is 4.68. The molecule has 116 valence electrons. The van der Waals surface area contributed by atoms with Crippen molar-refractivity contribution in [3.63, 3.8) is 0 Å². The van der Waals surface area contributed by atoms with Gasteiger partial charge in [0, 0.05) is 24.7 Å². The zero-order chi connectivity index (χ0) is 15.2. The number of ether oxygens (including phenoxy) is 1. The average Bonchev–Trinajstić information content (AvgIpc) is 2.45. The average molecular weight is 295 g/mol. The van der Waals surface area contributed by atoms with Crippen LogP contribution in [0.2, 0.25) is 0 Å². The molecule has 6 heteroatoms. The summed E-state index contributed by atoms with van der Waals surface area (Å²) >= 11 is 0. The molecule has 1 aromatic carbocycles. The van der Waals surface area contributed by atoms with Gasteiger partial charge in [0.25, 0.3) is 0 Å². The van der Waals surface area contributed by atoms with Gasteiger partial charge in [0.15, 0.2) is 0 Å². The number of rotatable bonds is 5. The maximum atomic E-state index is 13.0. The quantitative estimate of drug-likeness (QED) is 0.814. The smallest absolute Gasteiger partial charge is 0.224 e. The van der Waals surface area contributed by atoms with E-state index in [-0.39, 0.29) is 11.6 Å². The van der Waals surface area contributed by atoms with Crippen LogP contribution in [0.4, 0.5) is 15.8 Å². The van der Waals surface area contributed by atoms with E-state index in [1.165, 1.54) is 18.2 Å². The number of nitrogens with two attached hydrogens (primary N) is 1. The number of nitrogens with zero attached hydrogens (tertiary/aromatic N) is 1. The van der Waals surface area contributed by atoms with Gasteiger partial charge in [-0.3, -0.25) is 9.69 Å². The molecular formula is C15H22FN3O2. The van der Waals surface area contributed by atoms with Crippen LogP contribution in [0, 0.1) is 5.82 Å². The molecular weight excluding hydrogens is 273 g/mol. The number of nitrogen functional groups attached to an aromatic ring is 1. The molecule has 0 bridgehead atoms. The lowest BCUT2D eigenvalue weighted by molar-refractivity contribution is -0.116. The van der Waals surface area contributed by atoms with E-state index in [9.17, 15) is 9.18 Å². The summed E-state index contributed by atoms with van der Waals surface area (Å²) in [4.78, 5) is 14.2. The SMILES string of the molecule is CC1COCCN1CCCC(=O)Nc1ccc(F)c(N)c1. The fourth-order valence-electron chi connectivity index (χ4n) is 2.38. The number of anilines is 2. The van der Waals surface area contributed by atoms with Gasteiger partial charge in [-0.2, -0.15) is 0 Å². The fraction of sp³-hybridized carbons (Fsp3) is 0.533. The zero-order valence-corrected chi connectivity index (χ0v) is 12.3. The predicted octanol–water partition coefficient (Wildman–Crippen LogP) is 1.85. The lowest BCUT2D eigenvalue weighted by Crippen LogP contribution is -2.44. The van der Waals surface area contributed by atoms with Crippen molar-refractivity contribution in [2.45, 2.75) is 25.8 Å². The van der Waals surface area contributed by atoms with E-state index in [1.807, 2.05) is 0 Å². The van der Waals surface area contributed by atoms with Crippen LogP contribution < -0.4 is 11.1 Å². The Kier molecular flexibility index (Phi) is 5.52. The van der Waals surface area contributed by atoms with Crippen molar-refractivity contribution in [1.82, 2.24) is 4.90 Å². The number of amides is 1. The molecule has 5 nitrogen and oxygen atoms in total. The number of carbonyl (C=O) groups is 1. The van der Waals surface area contributed by atoms with Crippen LogP contribution in [0.1, 0.15) is 19.8 Å². The first-order valence-corrected chi connectivity index (χ1v) is 7.23. The number of hydrogen-bond donors (Lipinski definition) is 2. The topological polar surface area (TPSA) is 67.6 Å². The summed E-state index contributed by atoms with van der Waals surface area (Å²) in [6.07, 6.45) is 1.22. The van der Waals surface area contributed by atoms with Crippen LogP contribution >= 0.6 is 0 Å². The lowest BCUT2D eigenvalue weighted by Gasteiger charge is -2.33. The van der Waals surface area contributed by atoms with Crippen molar-refractivity contribution >= 4 is 17.3 Å². The third-order valence-corrected chi connectivity index (χ3v) is 3.63. The summed E-state index contributed by atoms with van der Waals surface area (Å²) in [5.41, 5.74) is 6.03. The van der Waals surface area contributed by atoms with Gasteiger partial charge in [0.2, 0.25) is 5.91 Å². The first kappa shape index (κ1) is 15.7. The molecule has 3 N–H and O–H groups in total. The van der Waals surface area contributed by atoms with Crippen LogP contribution in [0.15, 0.2) is 18.2 Å². The molecule has 0 spiro atoms. The minimum Gasteiger partial charge on any atom is -0.396 e. The second kappa shape index (κ2) is 7.38. The van der Waals surface area contributed by atoms with Crippen LogP contribution in [0.25, 0.3) is 0 Å². The van der Waals surface area contributed by atoms with Gasteiger partial charge >= 0.3 is 0 Å². The molecule has 1 amide bonds. The van der Waals surface area contributed by atoms with Gasteiger partial charge in [0.1, 0.15) is 5.82 Å². The molecule has 0 aliphatic carbocycles. The van der Waals surface area contributed by atoms with Gasteiger partial charge < -0.3 is 15.8 Å². The highest BCUT2D eigenvalue weighted by molar-refractivity contribution is 5.91. The van der Waals surface area contributed by atoms with E-state index >= 15 is 0 Å². The minimum absolute atomic E-state index is 0.0370. The number of carbonyl (C=O) groups excluding carboxylic acids is 1. The van der Waals surface area contributed by atoms with Crippen molar-refractivity contribution in [2.24, 2.45) is 0 Å². The maximum Gasteiger partial charge on any atom is 0.224 e. The molecule has 1 aliphatic heterocycles. The van der Waals surface area contributed by atoms with Crippen molar-refractivity contribution in [2.75, 3.05) is 37.4 Å². The summed E-state index contributed by atoms with van der Waals surface area (Å²) in [5, 5.41) is 2.73. The number of hydrogen-bond acceptors (Lipinski definition) is 4. The highest BCUT2D eigenvalue weighted by Gasteiger charge is 2.18. The van der Waals surface area contributed by atoms with E-state index < -0.39 is 5.82 Å². The molecule has 0 radical (unpaired) electrons. The lowest BCUT2D eigenvalue weighted by atomic mass is 10.2. The van der Waals surface area contributed by atoms with Gasteiger partial charge in [0.05, 0.1) is 18.9 Å². The van der Waals surface area contributed by atoms with Crippen LogP contribution in [-0.4, -0.2) is 43.2 Å². The van der Waals surface area contributed by atoms with E-state index in [0.717, 1.165) is 32.7 Å². The van der Waals surface area contributed by atoms with E-state index in [0.29, 0.717) is 18.2 Å². The Hall–Kier alpha value is -1.66. The summed E-state index contributed by atoms with van der Waals surface area (Å²) in [6.45, 7) is 5.42. The van der Waals surface area contributed by atoms with Gasteiger partial charge in [-0.15, -0.1) is 0 Å². The highest BCUT2D eigenvalue weighted by Crippen LogP contribution is 2.16. The molecule has 0 saturated carbocycles. The molecule has 1 aliphatic rings. The number of morpholine rings is 1. The Morgan fingerprint density at radius 3 is 3.10 bits per heavy atom. The molecule has 1 atom stereocenters. The van der Waals surface area contributed by atoms with Crippen molar-refractivity contribution in [1.29, 1.82) is 0 Å². The Labute approximate surface area is 124 Å². The molecule has 0 aromatic heterocycles. The monoisotopic (exact) mass is 295 g/mol. The third-order valence-electron chi connectivity index (χ3n) is 3.63. The summed E-state index contributed by atoms with van der Waals surface area (Å²) in [6, 6.07) is 4.59. The molecule has 1 fully saturated rings. The second-order valence-electron chi connectivity index (χ2n) is 5.35. The largest absolute Gasteiger partial charge is 0.396 e. The Morgan fingerprint density at radius 2 is 2.38 bits per heavy atom. The van der Waals surface area contributed by atoms with E-state index in [4.69, 9.17) is 10.5 Å². The number of nitrogens with one attached hydrogen (secondary N) is 1. The number of benzene rings is 1. The first-order chi connectivity index (χ1) is 10.1. The Bertz CT molecular complexity index is 496. The van der Waals surface area contributed by atoms with Gasteiger partial charge in [-0.1, -0.05) is 0 Å². The standard InChI is InChI=1S/C15H22FN3O2/c1-11-10-21-8-7-19(11)6-2-3-15(20)18-12-4-5-13(16)14(17)9-12/h4-5,9,11H,2-3,6-8,10,17H2,1H3,(H,18,20). The molecule has 1 aromatic rings. The van der Waals surface area contributed by atoms with Crippen LogP contribution in [-0.2, 0) is 9.53 Å². The minimum atomic E-state index is -0.477. The van der Waals surface area contributed by atoms with Gasteiger partial charge in [-0.05, 0) is 38.1 Å². The van der Waals surface area contributed by atoms with E-state index in [2.05, 4.69) is 17.1 Å². The molecule has 2 rings (SSSR count). The predicted molar refractivity (Wildman–Crippen MR) is 80.5 cm³/mol. The number of halogens is 1. The van der Waals surface area contributed by atoms with Crippen LogP contribution in [0.5, 0.6) is 0 Å². The fourth-order valence-corrected chi connectivity index (χ4v) is 2.38. The van der Waals surface area contributed by atoms with Crippen LogP contribution in [0.3, 0.4) is 0 Å². The van der Waals surface area contributed by atoms with Crippen molar-refractivity contribution in [3.05, 3.63) is 24.0 Å². The Balaban J connectivity index is 1.73. The zero-order valence-electron chi connectivity index (χ0n) is 12.3. The maximum absolute atomic E-state index is 13.0. The summed E-state index contributed by atoms with van der Waals surface area (Å²) in [5.74, 6) is -0.559. The second-order valence-corrected chi connectivity index (χ2v) is 5.35. The van der Waals surface area contributed by atoms with Gasteiger partial charge in [-0.25, -0.2) is 4.39 Å². The first-order valence-electron chi connectivity index (χ1n) is 7.23. The highest BCUT2D eigenvalue weighted by atomic mass is 19.1. The van der Waals surface area contributed by atoms with E-state index in [1.54, 1.807) is 0 Å². The normalized spacial score (nSPS) is 19.4. The molecule has 1 unspecified atom stereocenters. The molecule has 1 heterocycles. The van der Waals surface area contributed by atoms with Crippen molar-refractivity contribution in [3.8, 4) is 0 Å². The Morgan fingerprint density at radius 1 is 1.57 bits per heavy atom. The summed E-state index contributed by atoms with van der Waals surface area (Å²) < 4.78 is 18.4. The molecule has 21 heavy (non-hydrogen) atoms.